The largest absolute Gasteiger partial charge is 0.390 e. The van der Waals surface area contributed by atoms with Crippen molar-refractivity contribution in [2.45, 2.75) is 186 Å². The molecule has 0 spiro atoms. The van der Waals surface area contributed by atoms with Gasteiger partial charge in [-0.3, -0.25) is 0 Å². The van der Waals surface area contributed by atoms with Crippen molar-refractivity contribution < 1.29 is 53.6 Å². The Labute approximate surface area is 302 Å². The molecule has 0 saturated carbocycles. The predicted octanol–water partition coefficient (Wildman–Crippen LogP) is 3.73. The van der Waals surface area contributed by atoms with Gasteiger partial charge in [0.05, 0.1) is 54.4 Å². The zero-order valence-corrected chi connectivity index (χ0v) is 33.5. The Kier molecular flexibility index (Phi) is 15.6. The zero-order valence-electron chi connectivity index (χ0n) is 33.5. The predicted molar refractivity (Wildman–Crippen MR) is 191 cm³/mol. The minimum Gasteiger partial charge on any atom is -0.390 e. The Bertz CT molecular complexity index is 1030. The first-order chi connectivity index (χ1) is 23.1. The van der Waals surface area contributed by atoms with Gasteiger partial charge in [-0.05, 0) is 86.2 Å². The van der Waals surface area contributed by atoms with Crippen LogP contribution in [0.3, 0.4) is 0 Å². The molecule has 0 unspecified atom stereocenters. The van der Waals surface area contributed by atoms with Crippen molar-refractivity contribution in [3.63, 3.8) is 0 Å². The lowest BCUT2D eigenvalue weighted by molar-refractivity contribution is -0.321. The third-order valence-electron chi connectivity index (χ3n) is 12.2. The van der Waals surface area contributed by atoms with Gasteiger partial charge in [0.15, 0.2) is 12.6 Å². The fraction of sp³-hybridized carbons (Fsp3) is 1.00. The molecule has 3 heterocycles. The lowest BCUT2D eigenvalue weighted by atomic mass is 9.74. The summed E-state index contributed by atoms with van der Waals surface area (Å²) in [4.78, 5) is 2.01. The molecule has 3 saturated heterocycles. The van der Waals surface area contributed by atoms with Gasteiger partial charge in [-0.25, -0.2) is 0 Å². The summed E-state index contributed by atoms with van der Waals surface area (Å²) in [6.07, 6.45) is -4.27. The highest BCUT2D eigenvalue weighted by Gasteiger charge is 2.52. The van der Waals surface area contributed by atoms with Crippen molar-refractivity contribution in [2.24, 2.45) is 23.7 Å². The number of hydrogen-bond acceptors (Lipinski definition) is 12. The van der Waals surface area contributed by atoms with Gasteiger partial charge in [-0.2, -0.15) is 0 Å². The molecule has 0 radical (unpaired) electrons. The number of methoxy groups -OCH3 is 2. The molecule has 0 aromatic heterocycles. The number of aliphatic hydroxyl groups excluding tert-OH is 3. The Morgan fingerprint density at radius 1 is 0.800 bits per heavy atom. The van der Waals surface area contributed by atoms with Crippen LogP contribution in [0.15, 0.2) is 0 Å². The van der Waals surface area contributed by atoms with Crippen LogP contribution >= 0.6 is 0 Å². The molecule has 0 bridgehead atoms. The second kappa shape index (κ2) is 17.8. The highest BCUT2D eigenvalue weighted by Crippen LogP contribution is 2.42. The molecule has 3 aliphatic heterocycles. The van der Waals surface area contributed by atoms with E-state index in [1.807, 2.05) is 60.5 Å². The maximum Gasteiger partial charge on any atom is 0.185 e. The van der Waals surface area contributed by atoms with Crippen LogP contribution in [-0.2, 0) is 33.2 Å². The van der Waals surface area contributed by atoms with Gasteiger partial charge in [0.1, 0.15) is 17.8 Å². The van der Waals surface area contributed by atoms with E-state index in [1.165, 1.54) is 0 Å². The molecular formula is C38H73NO11. The summed E-state index contributed by atoms with van der Waals surface area (Å²) in [5.41, 5.74) is -3.27. The molecule has 3 aliphatic rings. The van der Waals surface area contributed by atoms with E-state index in [0.29, 0.717) is 32.1 Å². The number of ether oxygens (including phenoxy) is 7. The molecule has 12 nitrogen and oxygen atoms in total. The van der Waals surface area contributed by atoms with E-state index in [9.17, 15) is 20.4 Å². The summed E-state index contributed by atoms with van der Waals surface area (Å²) in [7, 11) is 7.16. The summed E-state index contributed by atoms with van der Waals surface area (Å²) in [6.45, 7) is 19.7. The molecule has 12 heteroatoms. The van der Waals surface area contributed by atoms with Crippen LogP contribution < -0.4 is 0 Å². The molecule has 0 aliphatic carbocycles. The number of rotatable bonds is 8. The Morgan fingerprint density at radius 3 is 1.98 bits per heavy atom. The first kappa shape index (κ1) is 43.9. The van der Waals surface area contributed by atoms with Crippen LogP contribution in [0.25, 0.3) is 0 Å². The second-order valence-corrected chi connectivity index (χ2v) is 16.9. The lowest BCUT2D eigenvalue weighted by Gasteiger charge is -2.50. The maximum absolute atomic E-state index is 11.7. The average Bonchev–Trinajstić information content (AvgIpc) is 3.04. The van der Waals surface area contributed by atoms with Gasteiger partial charge in [0.25, 0.3) is 0 Å². The lowest BCUT2D eigenvalue weighted by Crippen LogP contribution is -2.61. The standard InChI is InChI=1S/C38H73NO11/c1-15-28-38(10,43)32(41)22(3)16-21(2)18-37(9,45-14)34(50-35-30(40)27(39(11)12)17-24(5)47-35)25(6)31(23(4)20-46-28)49-29-19-36(8,44-13)33(42)26(7)48-29/h21-35,40-43H,15-20H2,1-14H3/t21-,22-,23-,24-,25+,26+,27+,28-,29+,30-,31+,32-,33+,34-,35+,36-,37-,38-/m1/s1. The molecule has 0 aromatic rings. The normalized spacial score (nSPS) is 50.6. The van der Waals surface area contributed by atoms with E-state index >= 15 is 0 Å². The molecule has 0 aromatic carbocycles. The van der Waals surface area contributed by atoms with Crippen LogP contribution in [0.1, 0.15) is 101 Å². The second-order valence-electron chi connectivity index (χ2n) is 16.9. The Morgan fingerprint density at radius 2 is 1.42 bits per heavy atom. The minimum absolute atomic E-state index is 0.0523. The van der Waals surface area contributed by atoms with E-state index in [4.69, 9.17) is 33.2 Å². The average molecular weight is 720 g/mol. The monoisotopic (exact) mass is 720 g/mol. The minimum atomic E-state index is -1.48. The van der Waals surface area contributed by atoms with E-state index in [1.54, 1.807) is 28.1 Å². The van der Waals surface area contributed by atoms with Crippen LogP contribution in [-0.4, -0.2) is 145 Å². The summed E-state index contributed by atoms with van der Waals surface area (Å²) in [5.74, 6) is -0.797. The highest BCUT2D eigenvalue weighted by molar-refractivity contribution is 4.99. The van der Waals surface area contributed by atoms with Crippen LogP contribution in [0.5, 0.6) is 0 Å². The number of aliphatic hydroxyl groups is 4. The van der Waals surface area contributed by atoms with Crippen LogP contribution in [0.2, 0.25) is 0 Å². The van der Waals surface area contributed by atoms with Crippen molar-refractivity contribution in [1.29, 1.82) is 0 Å². The van der Waals surface area contributed by atoms with Crippen molar-refractivity contribution in [2.75, 3.05) is 34.9 Å². The first-order valence-corrected chi connectivity index (χ1v) is 18.9. The quantitative estimate of drug-likeness (QED) is 0.290. The fourth-order valence-electron chi connectivity index (χ4n) is 9.02. The number of hydrogen-bond donors (Lipinski definition) is 4. The Balaban J connectivity index is 2.13. The van der Waals surface area contributed by atoms with Gasteiger partial charge >= 0.3 is 0 Å². The van der Waals surface area contributed by atoms with Gasteiger partial charge in [-0.1, -0.05) is 34.6 Å². The first-order valence-electron chi connectivity index (χ1n) is 18.9. The summed E-state index contributed by atoms with van der Waals surface area (Å²) in [5, 5.41) is 45.7. The van der Waals surface area contributed by atoms with Crippen molar-refractivity contribution in [3.8, 4) is 0 Å². The smallest absolute Gasteiger partial charge is 0.185 e. The van der Waals surface area contributed by atoms with Crippen LogP contribution in [0.4, 0.5) is 0 Å². The van der Waals surface area contributed by atoms with Crippen LogP contribution in [0, 0.1) is 23.7 Å². The third kappa shape index (κ3) is 9.78. The van der Waals surface area contributed by atoms with E-state index in [0.717, 1.165) is 0 Å². The van der Waals surface area contributed by atoms with Crippen molar-refractivity contribution >= 4 is 0 Å². The number of likely N-dealkylation sites (N-methyl/N-ethyl adjacent to an activating group) is 1. The molecular weight excluding hydrogens is 646 g/mol. The zero-order chi connectivity index (χ0) is 37.9. The molecule has 296 valence electrons. The summed E-state index contributed by atoms with van der Waals surface area (Å²) >= 11 is 0. The molecule has 0 amide bonds. The van der Waals surface area contributed by atoms with E-state index < -0.39 is 72.1 Å². The molecule has 18 atom stereocenters. The molecule has 3 rings (SSSR count). The van der Waals surface area contributed by atoms with Gasteiger partial charge in [-0.15, -0.1) is 0 Å². The summed E-state index contributed by atoms with van der Waals surface area (Å²) in [6, 6.07) is -0.166. The van der Waals surface area contributed by atoms with Gasteiger partial charge in [0.2, 0.25) is 0 Å². The Hall–Kier alpha value is -0.480. The topological polar surface area (TPSA) is 149 Å². The molecule has 4 N–H and O–H groups in total. The molecule has 3 fully saturated rings. The van der Waals surface area contributed by atoms with E-state index in [-0.39, 0.29) is 42.4 Å². The number of nitrogens with zero attached hydrogens (tertiary/aromatic N) is 1. The fourth-order valence-corrected chi connectivity index (χ4v) is 9.02. The van der Waals surface area contributed by atoms with Crippen molar-refractivity contribution in [1.82, 2.24) is 4.90 Å². The van der Waals surface area contributed by atoms with Gasteiger partial charge in [0, 0.05) is 38.5 Å². The van der Waals surface area contributed by atoms with Gasteiger partial charge < -0.3 is 58.5 Å². The van der Waals surface area contributed by atoms with Crippen molar-refractivity contribution in [3.05, 3.63) is 0 Å². The van der Waals surface area contributed by atoms with E-state index in [2.05, 4.69) is 13.8 Å². The summed E-state index contributed by atoms with van der Waals surface area (Å²) < 4.78 is 45.2. The third-order valence-corrected chi connectivity index (χ3v) is 12.2. The SMILES string of the molecule is CC[C@H]1OC[C@@H](C)[C@H](O[C@H]2C[C@@](C)(OC)[C@@H](O)[C@H](C)O2)[C@H](C)[C@@H](O[C@@H]2O[C@H](C)C[C@H](N(C)C)[C@H]2O)[C@](C)(OC)C[C@H](C)C[C@@H](C)[C@@H](O)[C@]1(C)O. The maximum atomic E-state index is 11.7. The highest BCUT2D eigenvalue weighted by atomic mass is 16.7. The molecule has 50 heavy (non-hydrogen) atoms.